The van der Waals surface area contributed by atoms with Gasteiger partial charge in [0.25, 0.3) is 0 Å². The van der Waals surface area contributed by atoms with Crippen molar-refractivity contribution >= 4 is 17.8 Å². The molecule has 1 heterocycles. The molecule has 0 radical (unpaired) electrons. The summed E-state index contributed by atoms with van der Waals surface area (Å²) >= 11 is 0. The quantitative estimate of drug-likeness (QED) is 0.766. The summed E-state index contributed by atoms with van der Waals surface area (Å²) in [4.78, 5) is 15.8. The molecule has 0 spiro atoms. The van der Waals surface area contributed by atoms with E-state index >= 15 is 0 Å². The predicted molar refractivity (Wildman–Crippen MR) is 85.8 cm³/mol. The van der Waals surface area contributed by atoms with Crippen LogP contribution < -0.4 is 15.5 Å². The Morgan fingerprint density at radius 1 is 1.00 bits per heavy atom. The highest BCUT2D eigenvalue weighted by molar-refractivity contribution is 5.44. The summed E-state index contributed by atoms with van der Waals surface area (Å²) < 4.78 is 0. The minimum absolute atomic E-state index is 0.557. The number of nitrogens with zero attached hydrogens (tertiary/aromatic N) is 4. The van der Waals surface area contributed by atoms with Gasteiger partial charge in [0.1, 0.15) is 0 Å². The maximum absolute atomic E-state index is 4.64. The zero-order valence-corrected chi connectivity index (χ0v) is 13.3. The molecule has 116 valence electrons. The molecule has 6 nitrogen and oxygen atoms in total. The van der Waals surface area contributed by atoms with Gasteiger partial charge in [0.05, 0.1) is 0 Å². The Kier molecular flexibility index (Phi) is 4.12. The van der Waals surface area contributed by atoms with Crippen molar-refractivity contribution in [3.05, 3.63) is 0 Å². The van der Waals surface area contributed by atoms with Crippen molar-refractivity contribution in [1.82, 2.24) is 15.0 Å². The summed E-state index contributed by atoms with van der Waals surface area (Å²) in [6.45, 7) is 6.04. The highest BCUT2D eigenvalue weighted by atomic mass is 15.3. The SMILES string of the molecule is CCN(CC)c1nc(NC)nc(NC(C2CC2)C2CC2)n1. The van der Waals surface area contributed by atoms with E-state index in [-0.39, 0.29) is 0 Å². The number of hydrogen-bond acceptors (Lipinski definition) is 6. The summed E-state index contributed by atoms with van der Waals surface area (Å²) in [5, 5.41) is 6.64. The van der Waals surface area contributed by atoms with E-state index in [9.17, 15) is 0 Å². The third-order valence-electron chi connectivity index (χ3n) is 4.45. The van der Waals surface area contributed by atoms with Crippen molar-refractivity contribution in [2.24, 2.45) is 11.8 Å². The van der Waals surface area contributed by atoms with Gasteiger partial charge in [0.15, 0.2) is 0 Å². The van der Waals surface area contributed by atoms with Crippen LogP contribution in [0.15, 0.2) is 0 Å². The van der Waals surface area contributed by atoms with E-state index in [1.807, 2.05) is 7.05 Å². The second-order valence-corrected chi connectivity index (χ2v) is 6.05. The van der Waals surface area contributed by atoms with Crippen molar-refractivity contribution in [3.63, 3.8) is 0 Å². The number of hydrogen-bond donors (Lipinski definition) is 2. The van der Waals surface area contributed by atoms with Crippen LogP contribution in [0.4, 0.5) is 17.8 Å². The van der Waals surface area contributed by atoms with E-state index in [0.717, 1.165) is 36.8 Å². The van der Waals surface area contributed by atoms with Crippen LogP contribution in [0.2, 0.25) is 0 Å². The molecule has 1 aromatic rings. The summed E-state index contributed by atoms with van der Waals surface area (Å²) in [6, 6.07) is 0.557. The van der Waals surface area contributed by atoms with Crippen LogP contribution in [0.1, 0.15) is 39.5 Å². The summed E-state index contributed by atoms with van der Waals surface area (Å²) in [5.41, 5.74) is 0. The molecule has 2 saturated carbocycles. The molecule has 0 unspecified atom stereocenters. The smallest absolute Gasteiger partial charge is 0.231 e. The maximum atomic E-state index is 4.64. The van der Waals surface area contributed by atoms with Gasteiger partial charge in [0.2, 0.25) is 17.8 Å². The van der Waals surface area contributed by atoms with Gasteiger partial charge in [-0.25, -0.2) is 0 Å². The second kappa shape index (κ2) is 6.03. The van der Waals surface area contributed by atoms with E-state index in [1.165, 1.54) is 25.7 Å². The van der Waals surface area contributed by atoms with E-state index in [1.54, 1.807) is 0 Å². The minimum Gasteiger partial charge on any atom is -0.357 e. The molecule has 1 aromatic heterocycles. The average molecular weight is 290 g/mol. The zero-order valence-electron chi connectivity index (χ0n) is 13.3. The Hall–Kier alpha value is -1.59. The van der Waals surface area contributed by atoms with Gasteiger partial charge in [-0.05, 0) is 51.4 Å². The number of nitrogens with one attached hydrogen (secondary N) is 2. The Bertz CT molecular complexity index is 467. The topological polar surface area (TPSA) is 66.0 Å². The standard InChI is InChI=1S/C15H26N6/c1-4-21(5-2)15-19-13(16-3)18-14(20-15)17-12(10-6-7-10)11-8-9-11/h10-12H,4-9H2,1-3H3,(H2,16,17,18,19,20). The summed E-state index contributed by atoms with van der Waals surface area (Å²) in [7, 11) is 1.85. The molecule has 2 aliphatic carbocycles. The van der Waals surface area contributed by atoms with Gasteiger partial charge in [0, 0.05) is 26.2 Å². The van der Waals surface area contributed by atoms with Crippen molar-refractivity contribution in [3.8, 4) is 0 Å². The molecule has 6 heteroatoms. The highest BCUT2D eigenvalue weighted by Crippen LogP contribution is 2.45. The summed E-state index contributed by atoms with van der Waals surface area (Å²) in [6.07, 6.45) is 5.39. The first-order valence-electron chi connectivity index (χ1n) is 8.20. The molecule has 2 N–H and O–H groups in total. The largest absolute Gasteiger partial charge is 0.357 e. The van der Waals surface area contributed by atoms with Gasteiger partial charge >= 0.3 is 0 Å². The predicted octanol–water partition coefficient (Wildman–Crippen LogP) is 2.36. The number of anilines is 3. The van der Waals surface area contributed by atoms with E-state index in [2.05, 4.69) is 44.3 Å². The summed E-state index contributed by atoms with van der Waals surface area (Å²) in [5.74, 6) is 3.76. The third-order valence-corrected chi connectivity index (χ3v) is 4.45. The number of aromatic nitrogens is 3. The molecule has 0 aromatic carbocycles. The van der Waals surface area contributed by atoms with Gasteiger partial charge < -0.3 is 15.5 Å². The lowest BCUT2D eigenvalue weighted by atomic mass is 10.1. The third kappa shape index (κ3) is 3.36. The maximum Gasteiger partial charge on any atom is 0.231 e. The fourth-order valence-electron chi connectivity index (χ4n) is 2.87. The first kappa shape index (κ1) is 14.4. The van der Waals surface area contributed by atoms with Crippen molar-refractivity contribution in [2.75, 3.05) is 35.7 Å². The fourth-order valence-corrected chi connectivity index (χ4v) is 2.87. The Morgan fingerprint density at radius 2 is 1.57 bits per heavy atom. The lowest BCUT2D eigenvalue weighted by Crippen LogP contribution is -2.28. The van der Waals surface area contributed by atoms with Crippen molar-refractivity contribution < 1.29 is 0 Å². The van der Waals surface area contributed by atoms with Gasteiger partial charge in [-0.15, -0.1) is 0 Å². The first-order chi connectivity index (χ1) is 10.2. The molecule has 0 amide bonds. The molecule has 2 aliphatic rings. The van der Waals surface area contributed by atoms with Crippen molar-refractivity contribution in [1.29, 1.82) is 0 Å². The fraction of sp³-hybridized carbons (Fsp3) is 0.800. The van der Waals surface area contributed by atoms with Crippen LogP contribution in [0.25, 0.3) is 0 Å². The van der Waals surface area contributed by atoms with Crippen LogP contribution in [-0.2, 0) is 0 Å². The number of rotatable bonds is 8. The molecule has 21 heavy (non-hydrogen) atoms. The van der Waals surface area contributed by atoms with Crippen LogP contribution >= 0.6 is 0 Å². The van der Waals surface area contributed by atoms with Gasteiger partial charge in [-0.3, -0.25) is 0 Å². The molecule has 0 aliphatic heterocycles. The van der Waals surface area contributed by atoms with E-state index < -0.39 is 0 Å². The van der Waals surface area contributed by atoms with E-state index in [0.29, 0.717) is 12.0 Å². The lowest BCUT2D eigenvalue weighted by molar-refractivity contribution is 0.562. The van der Waals surface area contributed by atoms with E-state index in [4.69, 9.17) is 0 Å². The van der Waals surface area contributed by atoms with Crippen LogP contribution in [0.5, 0.6) is 0 Å². The van der Waals surface area contributed by atoms with Crippen LogP contribution in [-0.4, -0.2) is 41.1 Å². The normalized spacial score (nSPS) is 17.9. The Labute approximate surface area is 126 Å². The van der Waals surface area contributed by atoms with Crippen LogP contribution in [0, 0.1) is 11.8 Å². The molecular formula is C15H26N6. The average Bonchev–Trinajstić information content (AvgIpc) is 3.39. The molecule has 0 saturated heterocycles. The highest BCUT2D eigenvalue weighted by Gasteiger charge is 2.41. The first-order valence-corrected chi connectivity index (χ1v) is 8.20. The minimum atomic E-state index is 0.557. The van der Waals surface area contributed by atoms with Crippen molar-refractivity contribution in [2.45, 2.75) is 45.6 Å². The second-order valence-electron chi connectivity index (χ2n) is 6.05. The zero-order chi connectivity index (χ0) is 14.8. The van der Waals surface area contributed by atoms with Gasteiger partial charge in [-0.2, -0.15) is 15.0 Å². The molecule has 0 atom stereocenters. The van der Waals surface area contributed by atoms with Crippen LogP contribution in [0.3, 0.4) is 0 Å². The molecule has 0 bridgehead atoms. The Morgan fingerprint density at radius 3 is 2.05 bits per heavy atom. The van der Waals surface area contributed by atoms with Gasteiger partial charge in [-0.1, -0.05) is 0 Å². The monoisotopic (exact) mass is 290 g/mol. The Balaban J connectivity index is 1.80. The molecule has 3 rings (SSSR count). The molecule has 2 fully saturated rings. The lowest BCUT2D eigenvalue weighted by Gasteiger charge is -2.22. The molecular weight excluding hydrogens is 264 g/mol.